The molecule has 4 nitrogen and oxygen atoms in total. The van der Waals surface area contributed by atoms with Gasteiger partial charge in [-0.1, -0.05) is 74.5 Å². The summed E-state index contributed by atoms with van der Waals surface area (Å²) in [4.78, 5) is 0. The Morgan fingerprint density at radius 2 is 0.971 bits per heavy atom. The zero-order chi connectivity index (χ0) is 24.2. The minimum atomic E-state index is -0.249. The van der Waals surface area contributed by atoms with Crippen LogP contribution in [0.2, 0.25) is 0 Å². The van der Waals surface area contributed by atoms with Gasteiger partial charge in [-0.2, -0.15) is 0 Å². The maximum atomic E-state index is 9.75. The summed E-state index contributed by atoms with van der Waals surface area (Å²) in [5, 5.41) is 19.5. The summed E-state index contributed by atoms with van der Waals surface area (Å²) >= 11 is 0. The molecule has 34 heavy (non-hydrogen) atoms. The molecule has 0 aromatic heterocycles. The molecule has 0 aliphatic carbocycles. The second kappa shape index (κ2) is 13.8. The number of benzene rings is 3. The van der Waals surface area contributed by atoms with Crippen LogP contribution in [-0.2, 0) is 0 Å². The first-order valence-corrected chi connectivity index (χ1v) is 12.5. The van der Waals surface area contributed by atoms with Crippen LogP contribution in [-0.4, -0.2) is 35.6 Å². The molecule has 0 bridgehead atoms. The molecule has 2 unspecified atom stereocenters. The summed E-state index contributed by atoms with van der Waals surface area (Å²) < 4.78 is 12.1. The summed E-state index contributed by atoms with van der Waals surface area (Å²) in [5.41, 5.74) is 4.31. The molecule has 0 saturated carbocycles. The molecular formula is C30H38O4. The lowest BCUT2D eigenvalue weighted by atomic mass is 9.99. The van der Waals surface area contributed by atoms with Crippen LogP contribution < -0.4 is 9.47 Å². The fraction of sp³-hybridized carbons (Fsp3) is 0.400. The molecule has 4 heteroatoms. The number of ether oxygens (including phenoxy) is 2. The molecule has 0 spiro atoms. The van der Waals surface area contributed by atoms with Crippen molar-refractivity contribution in [2.24, 2.45) is 0 Å². The zero-order valence-electron chi connectivity index (χ0n) is 20.5. The summed E-state index contributed by atoms with van der Waals surface area (Å²) in [5.74, 6) is 1.72. The summed E-state index contributed by atoms with van der Waals surface area (Å²) in [6.07, 6.45) is 4.23. The zero-order valence-corrected chi connectivity index (χ0v) is 20.5. The van der Waals surface area contributed by atoms with E-state index in [-0.39, 0.29) is 12.2 Å². The predicted molar refractivity (Wildman–Crippen MR) is 139 cm³/mol. The van der Waals surface area contributed by atoms with Gasteiger partial charge >= 0.3 is 0 Å². The molecule has 3 aromatic rings. The van der Waals surface area contributed by atoms with E-state index in [9.17, 15) is 10.2 Å². The van der Waals surface area contributed by atoms with Gasteiger partial charge < -0.3 is 19.7 Å². The van der Waals surface area contributed by atoms with Crippen LogP contribution >= 0.6 is 0 Å². The largest absolute Gasteiger partial charge is 0.493 e. The lowest BCUT2D eigenvalue weighted by Crippen LogP contribution is -2.07. The molecule has 0 aliphatic heterocycles. The molecule has 0 radical (unpaired) electrons. The predicted octanol–water partition coefficient (Wildman–Crippen LogP) is 6.88. The first kappa shape index (κ1) is 25.8. The summed E-state index contributed by atoms with van der Waals surface area (Å²) in [6, 6.07) is 24.6. The number of aliphatic hydroxyl groups excluding tert-OH is 2. The molecule has 0 amide bonds. The van der Waals surface area contributed by atoms with Crippen molar-refractivity contribution < 1.29 is 19.7 Å². The van der Waals surface area contributed by atoms with Crippen LogP contribution in [0.3, 0.4) is 0 Å². The Kier molecular flexibility index (Phi) is 10.5. The second-order valence-electron chi connectivity index (χ2n) is 8.68. The Hall–Kier alpha value is -2.82. The third-order valence-electron chi connectivity index (χ3n) is 6.10. The van der Waals surface area contributed by atoms with E-state index in [1.807, 2.05) is 50.2 Å². The van der Waals surface area contributed by atoms with Crippen LogP contribution in [0.15, 0.2) is 72.8 Å². The minimum Gasteiger partial charge on any atom is -0.493 e. The Morgan fingerprint density at radius 1 is 0.588 bits per heavy atom. The number of hydrogen-bond acceptors (Lipinski definition) is 4. The van der Waals surface area contributed by atoms with Gasteiger partial charge in [0.25, 0.3) is 0 Å². The van der Waals surface area contributed by atoms with Crippen molar-refractivity contribution in [2.75, 3.05) is 13.2 Å². The number of aliphatic hydroxyl groups is 2. The van der Waals surface area contributed by atoms with Crippen LogP contribution in [0, 0.1) is 0 Å². The normalized spacial score (nSPS) is 12.8. The van der Waals surface area contributed by atoms with Crippen molar-refractivity contribution in [3.63, 3.8) is 0 Å². The highest BCUT2D eigenvalue weighted by molar-refractivity contribution is 5.76. The second-order valence-corrected chi connectivity index (χ2v) is 8.68. The molecule has 0 aliphatic rings. The Bertz CT molecular complexity index is 903. The quantitative estimate of drug-likeness (QED) is 0.256. The standard InChI is InChI=1S/C30H38O4/c1-3-25(31)11-9-21-33-29-15-7-5-13-27(29)23-17-19-24(20-18-23)28-14-6-8-16-30(28)34-22-10-12-26(32)4-2/h5-8,13-20,25-26,31-32H,3-4,9-12,21-22H2,1-2H3. The van der Waals surface area contributed by atoms with Gasteiger partial charge in [0.2, 0.25) is 0 Å². The van der Waals surface area contributed by atoms with Gasteiger partial charge in [0.1, 0.15) is 11.5 Å². The van der Waals surface area contributed by atoms with Crippen molar-refractivity contribution in [2.45, 2.75) is 64.6 Å². The Labute approximate surface area is 204 Å². The van der Waals surface area contributed by atoms with Gasteiger partial charge in [-0.3, -0.25) is 0 Å². The molecule has 0 saturated heterocycles. The first-order valence-electron chi connectivity index (χ1n) is 12.5. The van der Waals surface area contributed by atoms with E-state index in [1.54, 1.807) is 0 Å². The number of para-hydroxylation sites is 2. The van der Waals surface area contributed by atoms with Crippen LogP contribution in [0.4, 0.5) is 0 Å². The number of rotatable bonds is 14. The molecule has 0 fully saturated rings. The highest BCUT2D eigenvalue weighted by Crippen LogP contribution is 2.34. The van der Waals surface area contributed by atoms with Gasteiger partial charge in [-0.05, 0) is 61.8 Å². The van der Waals surface area contributed by atoms with Crippen molar-refractivity contribution in [1.82, 2.24) is 0 Å². The topological polar surface area (TPSA) is 58.9 Å². The van der Waals surface area contributed by atoms with Gasteiger partial charge in [0.15, 0.2) is 0 Å². The Morgan fingerprint density at radius 3 is 1.35 bits per heavy atom. The van der Waals surface area contributed by atoms with Gasteiger partial charge in [0, 0.05) is 11.1 Å². The summed E-state index contributed by atoms with van der Waals surface area (Å²) in [7, 11) is 0. The van der Waals surface area contributed by atoms with Crippen LogP contribution in [0.5, 0.6) is 11.5 Å². The van der Waals surface area contributed by atoms with Crippen molar-refractivity contribution in [3.8, 4) is 33.8 Å². The maximum Gasteiger partial charge on any atom is 0.127 e. The highest BCUT2D eigenvalue weighted by Gasteiger charge is 2.10. The highest BCUT2D eigenvalue weighted by atomic mass is 16.5. The van der Waals surface area contributed by atoms with E-state index >= 15 is 0 Å². The van der Waals surface area contributed by atoms with Gasteiger partial charge in [-0.25, -0.2) is 0 Å². The van der Waals surface area contributed by atoms with E-state index in [4.69, 9.17) is 9.47 Å². The number of hydrogen-bond donors (Lipinski definition) is 2. The van der Waals surface area contributed by atoms with Crippen molar-refractivity contribution in [1.29, 1.82) is 0 Å². The third-order valence-corrected chi connectivity index (χ3v) is 6.10. The van der Waals surface area contributed by atoms with E-state index in [0.717, 1.165) is 72.3 Å². The van der Waals surface area contributed by atoms with E-state index < -0.39 is 0 Å². The lowest BCUT2D eigenvalue weighted by molar-refractivity contribution is 0.148. The Balaban J connectivity index is 1.67. The van der Waals surface area contributed by atoms with E-state index in [0.29, 0.717) is 13.2 Å². The molecule has 2 atom stereocenters. The van der Waals surface area contributed by atoms with E-state index in [2.05, 4.69) is 36.4 Å². The third kappa shape index (κ3) is 7.61. The minimum absolute atomic E-state index is 0.249. The molecule has 0 heterocycles. The van der Waals surface area contributed by atoms with Crippen LogP contribution in [0.25, 0.3) is 22.3 Å². The average molecular weight is 463 g/mol. The fourth-order valence-electron chi connectivity index (χ4n) is 3.90. The van der Waals surface area contributed by atoms with E-state index in [1.165, 1.54) is 0 Å². The molecule has 3 rings (SSSR count). The van der Waals surface area contributed by atoms with Gasteiger partial charge in [0.05, 0.1) is 25.4 Å². The molecule has 3 aromatic carbocycles. The van der Waals surface area contributed by atoms with Crippen molar-refractivity contribution in [3.05, 3.63) is 72.8 Å². The monoisotopic (exact) mass is 462 g/mol. The van der Waals surface area contributed by atoms with Crippen LogP contribution in [0.1, 0.15) is 52.4 Å². The molecule has 182 valence electrons. The average Bonchev–Trinajstić information content (AvgIpc) is 2.89. The lowest BCUT2D eigenvalue weighted by Gasteiger charge is -2.14. The SMILES string of the molecule is CCC(O)CCCOc1ccccc1-c1ccc(-c2ccccc2OCCCC(O)CC)cc1. The maximum absolute atomic E-state index is 9.75. The molecular weight excluding hydrogens is 424 g/mol. The first-order chi connectivity index (χ1) is 16.6. The summed E-state index contributed by atoms with van der Waals surface area (Å²) in [6.45, 7) is 5.17. The van der Waals surface area contributed by atoms with Gasteiger partial charge in [-0.15, -0.1) is 0 Å². The molecule has 2 N–H and O–H groups in total. The smallest absolute Gasteiger partial charge is 0.127 e. The van der Waals surface area contributed by atoms with Crippen molar-refractivity contribution >= 4 is 0 Å². The fourth-order valence-corrected chi connectivity index (χ4v) is 3.90.